The van der Waals surface area contributed by atoms with Crippen molar-refractivity contribution >= 4 is 11.8 Å². The van der Waals surface area contributed by atoms with Crippen LogP contribution in [0.4, 0.5) is 0 Å². The summed E-state index contributed by atoms with van der Waals surface area (Å²) < 4.78 is 7.05. The first-order chi connectivity index (χ1) is 15.1. The van der Waals surface area contributed by atoms with Crippen LogP contribution in [0.5, 0.6) is 0 Å². The molecule has 3 aromatic rings. The predicted molar refractivity (Wildman–Crippen MR) is 117 cm³/mol. The second kappa shape index (κ2) is 9.57. The molecule has 1 aromatic heterocycles. The van der Waals surface area contributed by atoms with E-state index in [2.05, 4.69) is 10.4 Å². The molecule has 1 aliphatic heterocycles. The Balaban J connectivity index is 1.59. The average molecular weight is 418 g/mol. The number of rotatable bonds is 6. The van der Waals surface area contributed by atoms with Crippen LogP contribution in [0.3, 0.4) is 0 Å². The van der Waals surface area contributed by atoms with Gasteiger partial charge in [-0.05, 0) is 5.56 Å². The molecule has 4 rings (SSSR count). The standard InChI is InChI=1S/C24H26N4O3/c1-27-22(19-10-6-3-7-11-19)20(17-25-27)23(29)26-21(16-18-8-4-2-5-9-18)24(30)28-12-14-31-15-13-28/h2-11,17,21H,12-16H2,1H3,(H,26,29). The number of hydrogen-bond acceptors (Lipinski definition) is 4. The van der Waals surface area contributed by atoms with E-state index in [4.69, 9.17) is 4.74 Å². The molecular formula is C24H26N4O3. The van der Waals surface area contributed by atoms with Crippen LogP contribution in [0.15, 0.2) is 66.9 Å². The number of carbonyl (C=O) groups is 2. The number of nitrogens with zero attached hydrogens (tertiary/aromatic N) is 3. The van der Waals surface area contributed by atoms with Crippen molar-refractivity contribution in [3.8, 4) is 11.3 Å². The fraction of sp³-hybridized carbons (Fsp3) is 0.292. The van der Waals surface area contributed by atoms with Crippen LogP contribution in [0.2, 0.25) is 0 Å². The number of ether oxygens (including phenoxy) is 1. The molecule has 2 amide bonds. The van der Waals surface area contributed by atoms with Crippen LogP contribution in [0, 0.1) is 0 Å². The summed E-state index contributed by atoms with van der Waals surface area (Å²) in [6.45, 7) is 2.08. The lowest BCUT2D eigenvalue weighted by molar-refractivity contribution is -0.137. The number of morpholine rings is 1. The molecule has 1 saturated heterocycles. The molecule has 1 aliphatic rings. The van der Waals surface area contributed by atoms with E-state index in [1.165, 1.54) is 0 Å². The van der Waals surface area contributed by atoms with Gasteiger partial charge in [-0.15, -0.1) is 0 Å². The number of hydrogen-bond donors (Lipinski definition) is 1. The Bertz CT molecular complexity index is 1030. The number of nitrogens with one attached hydrogen (secondary N) is 1. The molecule has 1 fully saturated rings. The summed E-state index contributed by atoms with van der Waals surface area (Å²) >= 11 is 0. The highest BCUT2D eigenvalue weighted by molar-refractivity contribution is 6.02. The van der Waals surface area contributed by atoms with Crippen LogP contribution >= 0.6 is 0 Å². The first-order valence-corrected chi connectivity index (χ1v) is 10.4. The lowest BCUT2D eigenvalue weighted by atomic mass is 10.0. The third-order valence-electron chi connectivity index (χ3n) is 5.44. The summed E-state index contributed by atoms with van der Waals surface area (Å²) in [6.07, 6.45) is 1.97. The monoisotopic (exact) mass is 418 g/mol. The molecule has 7 nitrogen and oxygen atoms in total. The van der Waals surface area contributed by atoms with E-state index >= 15 is 0 Å². The molecule has 7 heteroatoms. The molecule has 0 bridgehead atoms. The lowest BCUT2D eigenvalue weighted by Crippen LogP contribution is -2.52. The molecule has 1 unspecified atom stereocenters. The van der Waals surface area contributed by atoms with Crippen LogP contribution in [0.1, 0.15) is 15.9 Å². The summed E-state index contributed by atoms with van der Waals surface area (Å²) in [4.78, 5) is 28.3. The molecule has 31 heavy (non-hydrogen) atoms. The lowest BCUT2D eigenvalue weighted by Gasteiger charge is -2.31. The first kappa shape index (κ1) is 20.8. The van der Waals surface area contributed by atoms with Gasteiger partial charge < -0.3 is 15.0 Å². The maximum Gasteiger partial charge on any atom is 0.255 e. The van der Waals surface area contributed by atoms with Crippen molar-refractivity contribution < 1.29 is 14.3 Å². The number of benzene rings is 2. The molecule has 1 N–H and O–H groups in total. The number of aryl methyl sites for hydroxylation is 1. The minimum atomic E-state index is -0.670. The summed E-state index contributed by atoms with van der Waals surface area (Å²) in [6, 6.07) is 18.7. The molecule has 0 saturated carbocycles. The van der Waals surface area contributed by atoms with Gasteiger partial charge in [0.2, 0.25) is 5.91 Å². The fourth-order valence-corrected chi connectivity index (χ4v) is 3.83. The third-order valence-corrected chi connectivity index (χ3v) is 5.44. The topological polar surface area (TPSA) is 76.5 Å². The van der Waals surface area contributed by atoms with Gasteiger partial charge in [-0.3, -0.25) is 14.3 Å². The van der Waals surface area contributed by atoms with Gasteiger partial charge in [0.1, 0.15) is 6.04 Å². The van der Waals surface area contributed by atoms with E-state index in [1.54, 1.807) is 22.8 Å². The van der Waals surface area contributed by atoms with Gasteiger partial charge in [-0.2, -0.15) is 5.10 Å². The molecule has 1 atom stereocenters. The van der Waals surface area contributed by atoms with E-state index < -0.39 is 6.04 Å². The van der Waals surface area contributed by atoms with Crippen molar-refractivity contribution in [1.82, 2.24) is 20.0 Å². The largest absolute Gasteiger partial charge is 0.378 e. The summed E-state index contributed by atoms with van der Waals surface area (Å²) in [5, 5.41) is 7.26. The van der Waals surface area contributed by atoms with Crippen LogP contribution < -0.4 is 5.32 Å². The average Bonchev–Trinajstić information content (AvgIpc) is 3.21. The van der Waals surface area contributed by atoms with Crippen molar-refractivity contribution in [3.63, 3.8) is 0 Å². The molecule has 0 radical (unpaired) electrons. The second-order valence-corrected chi connectivity index (χ2v) is 7.55. The van der Waals surface area contributed by atoms with E-state index in [1.807, 2.05) is 60.7 Å². The fourth-order valence-electron chi connectivity index (χ4n) is 3.83. The normalized spacial score (nSPS) is 14.8. The van der Waals surface area contributed by atoms with Gasteiger partial charge in [0, 0.05) is 32.1 Å². The van der Waals surface area contributed by atoms with Crippen molar-refractivity contribution in [2.45, 2.75) is 12.5 Å². The highest BCUT2D eigenvalue weighted by Crippen LogP contribution is 2.23. The molecule has 0 aliphatic carbocycles. The molecule has 0 spiro atoms. The number of aromatic nitrogens is 2. The first-order valence-electron chi connectivity index (χ1n) is 10.4. The Hall–Kier alpha value is -3.45. The van der Waals surface area contributed by atoms with Gasteiger partial charge in [-0.1, -0.05) is 60.7 Å². The smallest absolute Gasteiger partial charge is 0.255 e. The zero-order valence-electron chi connectivity index (χ0n) is 17.5. The Morgan fingerprint density at radius 3 is 2.35 bits per heavy atom. The van der Waals surface area contributed by atoms with E-state index in [0.717, 1.165) is 16.8 Å². The Morgan fingerprint density at radius 1 is 1.03 bits per heavy atom. The Kier molecular flexibility index (Phi) is 6.43. The molecule has 2 aromatic carbocycles. The minimum absolute atomic E-state index is 0.0920. The SMILES string of the molecule is Cn1ncc(C(=O)NC(Cc2ccccc2)C(=O)N2CCOCC2)c1-c1ccccc1. The maximum atomic E-state index is 13.3. The van der Waals surface area contributed by atoms with E-state index in [0.29, 0.717) is 38.3 Å². The van der Waals surface area contributed by atoms with Crippen LogP contribution in [0.25, 0.3) is 11.3 Å². The van der Waals surface area contributed by atoms with Crippen molar-refractivity contribution in [1.29, 1.82) is 0 Å². The zero-order chi connectivity index (χ0) is 21.6. The molecule has 160 valence electrons. The van der Waals surface area contributed by atoms with Crippen molar-refractivity contribution in [3.05, 3.63) is 78.0 Å². The van der Waals surface area contributed by atoms with Gasteiger partial charge in [-0.25, -0.2) is 0 Å². The Morgan fingerprint density at radius 2 is 1.68 bits per heavy atom. The van der Waals surface area contributed by atoms with E-state index in [-0.39, 0.29) is 11.8 Å². The van der Waals surface area contributed by atoms with Crippen molar-refractivity contribution in [2.75, 3.05) is 26.3 Å². The minimum Gasteiger partial charge on any atom is -0.378 e. The summed E-state index contributed by atoms with van der Waals surface area (Å²) in [5.74, 6) is -0.403. The highest BCUT2D eigenvalue weighted by atomic mass is 16.5. The second-order valence-electron chi connectivity index (χ2n) is 7.55. The quantitative estimate of drug-likeness (QED) is 0.666. The maximum absolute atomic E-state index is 13.3. The highest BCUT2D eigenvalue weighted by Gasteiger charge is 2.29. The van der Waals surface area contributed by atoms with E-state index in [9.17, 15) is 9.59 Å². The summed E-state index contributed by atoms with van der Waals surface area (Å²) in [5.41, 5.74) is 3.05. The van der Waals surface area contributed by atoms with Gasteiger partial charge in [0.05, 0.1) is 30.7 Å². The molecule has 2 heterocycles. The predicted octanol–water partition coefficient (Wildman–Crippen LogP) is 2.29. The van der Waals surface area contributed by atoms with Gasteiger partial charge >= 0.3 is 0 Å². The van der Waals surface area contributed by atoms with Gasteiger partial charge in [0.15, 0.2) is 0 Å². The number of amides is 2. The third kappa shape index (κ3) is 4.83. The van der Waals surface area contributed by atoms with Crippen LogP contribution in [-0.2, 0) is 23.0 Å². The van der Waals surface area contributed by atoms with Crippen molar-refractivity contribution in [2.24, 2.45) is 7.05 Å². The Labute approximate surface area is 181 Å². The summed E-state index contributed by atoms with van der Waals surface area (Å²) in [7, 11) is 1.81. The zero-order valence-corrected chi connectivity index (χ0v) is 17.5. The van der Waals surface area contributed by atoms with Crippen LogP contribution in [-0.4, -0.2) is 58.8 Å². The molecular weight excluding hydrogens is 392 g/mol. The van der Waals surface area contributed by atoms with Gasteiger partial charge in [0.25, 0.3) is 5.91 Å². The number of carbonyl (C=O) groups excluding carboxylic acids is 2.